The van der Waals surface area contributed by atoms with Crippen LogP contribution < -0.4 is 5.32 Å². The first-order chi connectivity index (χ1) is 9.70. The molecule has 1 atom stereocenters. The van der Waals surface area contributed by atoms with Crippen molar-refractivity contribution in [2.24, 2.45) is 0 Å². The van der Waals surface area contributed by atoms with E-state index in [1.54, 1.807) is 0 Å². The first-order valence-electron chi connectivity index (χ1n) is 6.56. The smallest absolute Gasteiger partial charge is 0.312 e. The first kappa shape index (κ1) is 19.2. The van der Waals surface area contributed by atoms with E-state index in [2.05, 4.69) is 5.32 Å². The predicted molar refractivity (Wildman–Crippen MR) is 80.4 cm³/mol. The van der Waals surface area contributed by atoms with Gasteiger partial charge in [-0.2, -0.15) is 17.5 Å². The second kappa shape index (κ2) is 7.16. The Kier molecular flexibility index (Phi) is 6.26. The third-order valence-corrected chi connectivity index (χ3v) is 5.18. The fraction of sp³-hybridized carbons (Fsp3) is 0.538. The van der Waals surface area contributed by atoms with Crippen LogP contribution in [0.4, 0.5) is 13.2 Å². The maximum absolute atomic E-state index is 12.9. The molecule has 0 aliphatic carbocycles. The van der Waals surface area contributed by atoms with Gasteiger partial charge in [-0.1, -0.05) is 18.2 Å². The van der Waals surface area contributed by atoms with Crippen LogP contribution in [0, 0.1) is 0 Å². The molecule has 1 saturated heterocycles. The van der Waals surface area contributed by atoms with Gasteiger partial charge >= 0.3 is 6.18 Å². The number of nitrogens with one attached hydrogen (secondary N) is 1. The second-order valence-corrected chi connectivity index (χ2v) is 7.09. The van der Waals surface area contributed by atoms with Gasteiger partial charge in [-0.15, -0.1) is 12.4 Å². The standard InChI is InChI=1S/C13H17F3N2O2S.ClH/c1-10-8-18(7-6-17-10)21(19,20)9-11-4-2-3-5-12(11)13(14,15)16;/h2-5,10,17H,6-9H2,1H3;1H/t10-;/m0./s1. The summed E-state index contributed by atoms with van der Waals surface area (Å²) < 4.78 is 64.6. The molecule has 0 spiro atoms. The minimum atomic E-state index is -4.55. The number of nitrogens with zero attached hydrogens (tertiary/aromatic N) is 1. The molecule has 2 rings (SSSR count). The van der Waals surface area contributed by atoms with Crippen LogP contribution in [0.15, 0.2) is 24.3 Å². The zero-order chi connectivity index (χ0) is 15.7. The van der Waals surface area contributed by atoms with Crippen LogP contribution in [0.1, 0.15) is 18.1 Å². The fourth-order valence-corrected chi connectivity index (χ4v) is 4.01. The van der Waals surface area contributed by atoms with Gasteiger partial charge in [-0.05, 0) is 18.6 Å². The van der Waals surface area contributed by atoms with Gasteiger partial charge < -0.3 is 5.32 Å². The molecular formula is C13H18ClF3N2O2S. The molecule has 0 saturated carbocycles. The lowest BCUT2D eigenvalue weighted by Crippen LogP contribution is -2.51. The van der Waals surface area contributed by atoms with E-state index in [1.807, 2.05) is 6.92 Å². The zero-order valence-electron chi connectivity index (χ0n) is 11.9. The van der Waals surface area contributed by atoms with E-state index in [4.69, 9.17) is 0 Å². The minimum absolute atomic E-state index is 0. The largest absolute Gasteiger partial charge is 0.416 e. The minimum Gasteiger partial charge on any atom is -0.312 e. The highest BCUT2D eigenvalue weighted by Gasteiger charge is 2.35. The maximum Gasteiger partial charge on any atom is 0.416 e. The Morgan fingerprint density at radius 2 is 1.95 bits per heavy atom. The lowest BCUT2D eigenvalue weighted by molar-refractivity contribution is -0.138. The van der Waals surface area contributed by atoms with Crippen LogP contribution in [0.2, 0.25) is 0 Å². The van der Waals surface area contributed by atoms with Crippen LogP contribution in [0.3, 0.4) is 0 Å². The summed E-state index contributed by atoms with van der Waals surface area (Å²) in [6, 6.07) is 4.79. The predicted octanol–water partition coefficient (Wildman–Crippen LogP) is 2.25. The summed E-state index contributed by atoms with van der Waals surface area (Å²) in [4.78, 5) is 0. The molecule has 1 heterocycles. The van der Waals surface area contributed by atoms with E-state index in [0.717, 1.165) is 6.07 Å². The summed E-state index contributed by atoms with van der Waals surface area (Å²) in [5.41, 5.74) is -1.10. The van der Waals surface area contributed by atoms with Crippen molar-refractivity contribution in [2.75, 3.05) is 19.6 Å². The van der Waals surface area contributed by atoms with Crippen molar-refractivity contribution in [1.82, 2.24) is 9.62 Å². The molecule has 1 aromatic rings. The molecule has 22 heavy (non-hydrogen) atoms. The molecule has 4 nitrogen and oxygen atoms in total. The summed E-state index contributed by atoms with van der Waals surface area (Å²) in [5.74, 6) is -0.630. The number of rotatable bonds is 3. The quantitative estimate of drug-likeness (QED) is 0.901. The molecule has 0 radical (unpaired) electrons. The van der Waals surface area contributed by atoms with Crippen molar-refractivity contribution in [3.8, 4) is 0 Å². The number of alkyl halides is 3. The maximum atomic E-state index is 12.9. The lowest BCUT2D eigenvalue weighted by atomic mass is 10.1. The number of benzene rings is 1. The van der Waals surface area contributed by atoms with Gasteiger partial charge in [0.05, 0.1) is 11.3 Å². The first-order valence-corrected chi connectivity index (χ1v) is 8.17. The molecule has 0 unspecified atom stereocenters. The number of hydrogen-bond donors (Lipinski definition) is 1. The van der Waals surface area contributed by atoms with E-state index in [0.29, 0.717) is 6.54 Å². The average Bonchev–Trinajstić information content (AvgIpc) is 2.37. The molecule has 1 aliphatic rings. The summed E-state index contributed by atoms with van der Waals surface area (Å²) in [6.45, 7) is 2.89. The van der Waals surface area contributed by atoms with Crippen molar-refractivity contribution in [3.63, 3.8) is 0 Å². The molecule has 0 bridgehead atoms. The van der Waals surface area contributed by atoms with Gasteiger partial charge in [0.25, 0.3) is 0 Å². The SMILES string of the molecule is C[C@H]1CN(S(=O)(=O)Cc2ccccc2C(F)(F)F)CCN1.Cl. The van der Waals surface area contributed by atoms with Gasteiger partial charge in [-0.25, -0.2) is 8.42 Å². The summed E-state index contributed by atoms with van der Waals surface area (Å²) in [6.07, 6.45) is -4.55. The van der Waals surface area contributed by atoms with E-state index < -0.39 is 27.5 Å². The highest BCUT2D eigenvalue weighted by molar-refractivity contribution is 7.88. The Morgan fingerprint density at radius 1 is 1.32 bits per heavy atom. The van der Waals surface area contributed by atoms with Crippen molar-refractivity contribution < 1.29 is 21.6 Å². The van der Waals surface area contributed by atoms with Crippen molar-refractivity contribution in [3.05, 3.63) is 35.4 Å². The Bertz CT molecular complexity index is 608. The van der Waals surface area contributed by atoms with Crippen molar-refractivity contribution in [1.29, 1.82) is 0 Å². The molecule has 9 heteroatoms. The number of hydrogen-bond acceptors (Lipinski definition) is 3. The lowest BCUT2D eigenvalue weighted by Gasteiger charge is -2.31. The van der Waals surface area contributed by atoms with Gasteiger partial charge in [0.15, 0.2) is 0 Å². The van der Waals surface area contributed by atoms with E-state index in [1.165, 1.54) is 22.5 Å². The molecule has 0 aromatic heterocycles. The van der Waals surface area contributed by atoms with Gasteiger partial charge in [0.1, 0.15) is 0 Å². The number of sulfonamides is 1. The Morgan fingerprint density at radius 3 is 2.55 bits per heavy atom. The van der Waals surface area contributed by atoms with Crippen molar-refractivity contribution >= 4 is 22.4 Å². The number of halogens is 4. The molecule has 1 aromatic carbocycles. The Balaban J connectivity index is 0.00000242. The van der Waals surface area contributed by atoms with Crippen LogP contribution in [-0.4, -0.2) is 38.4 Å². The van der Waals surface area contributed by atoms with Crippen LogP contribution in [-0.2, 0) is 22.0 Å². The highest BCUT2D eigenvalue weighted by atomic mass is 35.5. The second-order valence-electron chi connectivity index (χ2n) is 5.12. The van der Waals surface area contributed by atoms with Gasteiger partial charge in [0, 0.05) is 25.7 Å². The summed E-state index contributed by atoms with van der Waals surface area (Å²) in [7, 11) is -3.76. The average molecular weight is 359 g/mol. The summed E-state index contributed by atoms with van der Waals surface area (Å²) in [5, 5.41) is 3.10. The Labute approximate surface area is 134 Å². The zero-order valence-corrected chi connectivity index (χ0v) is 13.6. The monoisotopic (exact) mass is 358 g/mol. The fourth-order valence-electron chi connectivity index (χ4n) is 2.36. The summed E-state index contributed by atoms with van der Waals surface area (Å²) >= 11 is 0. The molecule has 1 N–H and O–H groups in total. The van der Waals surface area contributed by atoms with E-state index >= 15 is 0 Å². The molecule has 1 fully saturated rings. The van der Waals surface area contributed by atoms with Gasteiger partial charge in [-0.3, -0.25) is 0 Å². The van der Waals surface area contributed by atoms with E-state index in [-0.39, 0.29) is 37.1 Å². The molecule has 1 aliphatic heterocycles. The molecular weight excluding hydrogens is 341 g/mol. The van der Waals surface area contributed by atoms with Crippen molar-refractivity contribution in [2.45, 2.75) is 24.9 Å². The van der Waals surface area contributed by atoms with Gasteiger partial charge in [0.2, 0.25) is 10.0 Å². The normalized spacial score (nSPS) is 20.5. The molecule has 126 valence electrons. The highest BCUT2D eigenvalue weighted by Crippen LogP contribution is 2.33. The van der Waals surface area contributed by atoms with E-state index in [9.17, 15) is 21.6 Å². The molecule has 0 amide bonds. The Hall–Kier alpha value is -0.830. The van der Waals surface area contributed by atoms with Crippen LogP contribution in [0.25, 0.3) is 0 Å². The van der Waals surface area contributed by atoms with Crippen LogP contribution in [0.5, 0.6) is 0 Å². The third-order valence-electron chi connectivity index (χ3n) is 3.39. The third kappa shape index (κ3) is 4.58. The topological polar surface area (TPSA) is 49.4 Å². The van der Waals surface area contributed by atoms with Crippen LogP contribution >= 0.6 is 12.4 Å². The number of piperazine rings is 1.